The number of likely N-dealkylation sites (N-methyl/N-ethyl adjacent to an activating group) is 1. The van der Waals surface area contributed by atoms with E-state index in [1.165, 1.54) is 0 Å². The van der Waals surface area contributed by atoms with Crippen LogP contribution in [0.3, 0.4) is 0 Å². The lowest BCUT2D eigenvalue weighted by Crippen LogP contribution is -2.36. The van der Waals surface area contributed by atoms with Gasteiger partial charge in [0.05, 0.1) is 18.3 Å². The Balaban J connectivity index is 1.41. The minimum Gasteiger partial charge on any atom is -0.454 e. The van der Waals surface area contributed by atoms with Crippen molar-refractivity contribution in [1.82, 2.24) is 9.91 Å². The summed E-state index contributed by atoms with van der Waals surface area (Å²) in [6.07, 6.45) is 0.567. The van der Waals surface area contributed by atoms with Gasteiger partial charge in [-0.25, -0.2) is 5.01 Å². The Morgan fingerprint density at radius 3 is 2.64 bits per heavy atom. The van der Waals surface area contributed by atoms with Crippen LogP contribution in [0, 0.1) is 0 Å². The lowest BCUT2D eigenvalue weighted by atomic mass is 9.98. The predicted octanol–water partition coefficient (Wildman–Crippen LogP) is 4.88. The van der Waals surface area contributed by atoms with Crippen molar-refractivity contribution in [3.8, 4) is 11.5 Å². The minimum atomic E-state index is -0.247. The van der Waals surface area contributed by atoms with Gasteiger partial charge in [-0.15, -0.1) is 0 Å². The summed E-state index contributed by atoms with van der Waals surface area (Å²) >= 11 is 6.45. The van der Waals surface area contributed by atoms with Gasteiger partial charge in [-0.2, -0.15) is 5.10 Å². The number of halogens is 1. The Kier molecular flexibility index (Phi) is 6.03. The van der Waals surface area contributed by atoms with Crippen LogP contribution in [0.4, 0.5) is 0 Å². The third kappa shape index (κ3) is 4.58. The highest BCUT2D eigenvalue weighted by molar-refractivity contribution is 6.34. The highest BCUT2D eigenvalue weighted by Crippen LogP contribution is 2.39. The summed E-state index contributed by atoms with van der Waals surface area (Å²) in [6.45, 7) is 1.13. The molecule has 0 radical (unpaired) electrons. The Morgan fingerprint density at radius 2 is 1.82 bits per heavy atom. The van der Waals surface area contributed by atoms with E-state index in [4.69, 9.17) is 26.2 Å². The molecule has 3 aromatic carbocycles. The first-order valence-electron chi connectivity index (χ1n) is 10.8. The third-order valence-electron chi connectivity index (χ3n) is 5.83. The zero-order valence-electron chi connectivity index (χ0n) is 18.3. The highest BCUT2D eigenvalue weighted by Gasteiger charge is 2.34. The van der Waals surface area contributed by atoms with Gasteiger partial charge >= 0.3 is 0 Å². The van der Waals surface area contributed by atoms with Crippen molar-refractivity contribution in [3.63, 3.8) is 0 Å². The summed E-state index contributed by atoms with van der Waals surface area (Å²) in [5.41, 5.74) is 3.74. The van der Waals surface area contributed by atoms with Gasteiger partial charge < -0.3 is 9.47 Å². The van der Waals surface area contributed by atoms with E-state index in [-0.39, 0.29) is 25.3 Å². The highest BCUT2D eigenvalue weighted by atomic mass is 35.5. The van der Waals surface area contributed by atoms with Gasteiger partial charge in [-0.05, 0) is 36.4 Å². The van der Waals surface area contributed by atoms with E-state index in [9.17, 15) is 4.79 Å². The number of benzene rings is 3. The quantitative estimate of drug-likeness (QED) is 0.525. The number of nitrogens with zero attached hydrogens (tertiary/aromatic N) is 3. The van der Waals surface area contributed by atoms with E-state index >= 15 is 0 Å². The second-order valence-electron chi connectivity index (χ2n) is 8.26. The monoisotopic (exact) mass is 461 g/mol. The average molecular weight is 462 g/mol. The summed E-state index contributed by atoms with van der Waals surface area (Å²) in [5, 5.41) is 6.96. The maximum absolute atomic E-state index is 13.4. The molecule has 7 heteroatoms. The smallest absolute Gasteiger partial charge is 0.257 e. The molecule has 0 aromatic heterocycles. The van der Waals surface area contributed by atoms with Crippen molar-refractivity contribution in [2.24, 2.45) is 5.10 Å². The molecule has 33 heavy (non-hydrogen) atoms. The standard InChI is InChI=1S/C26H24ClN3O3/c1-29(15-18-7-3-2-4-8-18)16-26(31)30-23(19-11-12-24-25(13-19)33-17-32-24)14-22(28-30)20-9-5-6-10-21(20)27/h2-13,23H,14-17H2,1H3/t23-/m1/s1. The number of hydrogen-bond donors (Lipinski definition) is 0. The molecule has 0 bridgehead atoms. The molecule has 0 fully saturated rings. The fourth-order valence-corrected chi connectivity index (χ4v) is 4.48. The fourth-order valence-electron chi connectivity index (χ4n) is 4.23. The number of rotatable bonds is 6. The van der Waals surface area contributed by atoms with Crippen LogP contribution in [0.5, 0.6) is 11.5 Å². The van der Waals surface area contributed by atoms with Gasteiger partial charge in [0.2, 0.25) is 6.79 Å². The van der Waals surface area contributed by atoms with Crippen molar-refractivity contribution in [1.29, 1.82) is 0 Å². The van der Waals surface area contributed by atoms with Crippen LogP contribution >= 0.6 is 11.6 Å². The molecule has 5 rings (SSSR count). The number of ether oxygens (including phenoxy) is 2. The Bertz CT molecular complexity index is 1200. The van der Waals surface area contributed by atoms with E-state index in [1.807, 2.05) is 72.6 Å². The summed E-state index contributed by atoms with van der Waals surface area (Å²) in [5.74, 6) is 1.33. The molecule has 0 unspecified atom stereocenters. The number of hydrazone groups is 1. The maximum Gasteiger partial charge on any atom is 0.257 e. The first kappa shape index (κ1) is 21.5. The van der Waals surface area contributed by atoms with Crippen molar-refractivity contribution < 1.29 is 14.3 Å². The van der Waals surface area contributed by atoms with Gasteiger partial charge in [-0.3, -0.25) is 9.69 Å². The first-order valence-corrected chi connectivity index (χ1v) is 11.2. The Morgan fingerprint density at radius 1 is 1.06 bits per heavy atom. The van der Waals surface area contributed by atoms with Gasteiger partial charge in [-0.1, -0.05) is 66.2 Å². The summed E-state index contributed by atoms with van der Waals surface area (Å²) < 4.78 is 11.0. The lowest BCUT2D eigenvalue weighted by Gasteiger charge is -2.25. The number of amides is 1. The molecular weight excluding hydrogens is 438 g/mol. The summed E-state index contributed by atoms with van der Waals surface area (Å²) in [6, 6.07) is 23.2. The zero-order valence-corrected chi connectivity index (χ0v) is 19.0. The molecule has 0 aliphatic carbocycles. The predicted molar refractivity (Wildman–Crippen MR) is 128 cm³/mol. The van der Waals surface area contributed by atoms with Crippen molar-refractivity contribution in [3.05, 3.63) is 94.5 Å². The van der Waals surface area contributed by atoms with Crippen LogP contribution in [-0.4, -0.2) is 41.9 Å². The van der Waals surface area contributed by atoms with Crippen molar-refractivity contribution in [2.75, 3.05) is 20.4 Å². The van der Waals surface area contributed by atoms with Crippen LogP contribution in [0.1, 0.15) is 29.2 Å². The third-order valence-corrected chi connectivity index (χ3v) is 6.16. The van der Waals surface area contributed by atoms with Crippen LogP contribution in [0.15, 0.2) is 77.9 Å². The van der Waals surface area contributed by atoms with Gasteiger partial charge in [0.25, 0.3) is 5.91 Å². The second-order valence-corrected chi connectivity index (χ2v) is 8.66. The summed E-state index contributed by atoms with van der Waals surface area (Å²) in [7, 11) is 1.94. The van der Waals surface area contributed by atoms with E-state index in [1.54, 1.807) is 5.01 Å². The Hall–Kier alpha value is -3.35. The molecular formula is C26H24ClN3O3. The number of carbonyl (C=O) groups excluding carboxylic acids is 1. The molecule has 0 spiro atoms. The summed E-state index contributed by atoms with van der Waals surface area (Å²) in [4.78, 5) is 15.4. The molecule has 2 aliphatic rings. The largest absolute Gasteiger partial charge is 0.454 e. The Labute approximate surface area is 198 Å². The van der Waals surface area contributed by atoms with Gasteiger partial charge in [0, 0.05) is 23.6 Å². The molecule has 1 amide bonds. The molecule has 6 nitrogen and oxygen atoms in total. The normalized spacial score (nSPS) is 16.9. The molecule has 0 saturated heterocycles. The second kappa shape index (κ2) is 9.25. The molecule has 2 heterocycles. The number of carbonyl (C=O) groups is 1. The molecule has 0 saturated carbocycles. The zero-order chi connectivity index (χ0) is 22.8. The van der Waals surface area contributed by atoms with Crippen LogP contribution in [0.2, 0.25) is 5.02 Å². The molecule has 0 N–H and O–H groups in total. The maximum atomic E-state index is 13.4. The number of hydrogen-bond acceptors (Lipinski definition) is 5. The lowest BCUT2D eigenvalue weighted by molar-refractivity contribution is -0.134. The van der Waals surface area contributed by atoms with E-state index in [0.717, 1.165) is 22.4 Å². The SMILES string of the molecule is CN(CC(=O)N1N=C(c2ccccc2Cl)C[C@@H]1c1ccc2c(c1)OCO2)Cc1ccccc1. The molecule has 1 atom stereocenters. The minimum absolute atomic E-state index is 0.0712. The first-order chi connectivity index (χ1) is 16.1. The van der Waals surface area contributed by atoms with Crippen LogP contribution in [0.25, 0.3) is 0 Å². The fraction of sp³-hybridized carbons (Fsp3) is 0.231. The van der Waals surface area contributed by atoms with Crippen molar-refractivity contribution in [2.45, 2.75) is 19.0 Å². The van der Waals surface area contributed by atoms with Crippen molar-refractivity contribution >= 4 is 23.2 Å². The van der Waals surface area contributed by atoms with Gasteiger partial charge in [0.15, 0.2) is 11.5 Å². The molecule has 3 aromatic rings. The average Bonchev–Trinajstić information content (AvgIpc) is 3.47. The van der Waals surface area contributed by atoms with Crippen LogP contribution < -0.4 is 9.47 Å². The topological polar surface area (TPSA) is 54.4 Å². The molecule has 2 aliphatic heterocycles. The number of fused-ring (bicyclic) bond motifs is 1. The van der Waals surface area contributed by atoms with E-state index in [0.29, 0.717) is 29.5 Å². The van der Waals surface area contributed by atoms with E-state index in [2.05, 4.69) is 12.1 Å². The van der Waals surface area contributed by atoms with E-state index < -0.39 is 0 Å². The van der Waals surface area contributed by atoms with Crippen LogP contribution in [-0.2, 0) is 11.3 Å². The van der Waals surface area contributed by atoms with Gasteiger partial charge in [0.1, 0.15) is 0 Å². The molecule has 168 valence electrons.